The number of alkyl halides is 3. The van der Waals surface area contributed by atoms with Crippen LogP contribution >= 0.6 is 115 Å². The first-order valence-electron chi connectivity index (χ1n) is 19.2. The third kappa shape index (κ3) is 30.3. The Labute approximate surface area is 376 Å². The predicted molar refractivity (Wildman–Crippen MR) is 255 cm³/mol. The summed E-state index contributed by atoms with van der Waals surface area (Å²) in [4.78, 5) is 0. The fraction of sp³-hybridized carbons (Fsp3) is 1.00. The normalized spacial score (nSPS) is 20.9. The van der Waals surface area contributed by atoms with E-state index < -0.39 is 12.4 Å². The van der Waals surface area contributed by atoms with Gasteiger partial charge in [-0.05, 0) is 78.5 Å². The fourth-order valence-corrected chi connectivity index (χ4v) is 10.5. The summed E-state index contributed by atoms with van der Waals surface area (Å²) in [5.74, 6) is 9.01. The van der Waals surface area contributed by atoms with E-state index in [0.29, 0.717) is 64.9 Å². The zero-order valence-electron chi connectivity index (χ0n) is 32.5. The van der Waals surface area contributed by atoms with Crippen LogP contribution in [0.1, 0.15) is 66.2 Å². The van der Waals surface area contributed by atoms with Gasteiger partial charge in [0, 0.05) is 51.2 Å². The summed E-state index contributed by atoms with van der Waals surface area (Å²) in [5.41, 5.74) is 0.358. The molecule has 15 heteroatoms. The highest BCUT2D eigenvalue weighted by Crippen LogP contribution is 2.30. The largest absolute Gasteiger partial charge is 0.379 e. The quantitative estimate of drug-likeness (QED) is 0.0336. The van der Waals surface area contributed by atoms with Gasteiger partial charge in [0.15, 0.2) is 6.29 Å². The summed E-state index contributed by atoms with van der Waals surface area (Å²) in [5, 5.41) is 0. The lowest BCUT2D eigenvalue weighted by Crippen LogP contribution is -2.62. The molecule has 0 bridgehead atoms. The molecule has 0 aromatic carbocycles. The minimum absolute atomic E-state index is 0.316. The van der Waals surface area contributed by atoms with Gasteiger partial charge in [-0.25, -0.2) is 0 Å². The summed E-state index contributed by atoms with van der Waals surface area (Å²) in [6, 6.07) is 0. The number of rotatable bonds is 38. The zero-order chi connectivity index (χ0) is 38.0. The maximum atomic E-state index is 6.79. The molecule has 52 heavy (non-hydrogen) atoms. The van der Waals surface area contributed by atoms with E-state index in [1.54, 1.807) is 0 Å². The Morgan fingerprint density at radius 2 is 1.02 bits per heavy atom. The van der Waals surface area contributed by atoms with Crippen molar-refractivity contribution in [3.05, 3.63) is 0 Å². The number of hydrogen-bond donors (Lipinski definition) is 0. The lowest BCUT2D eigenvalue weighted by molar-refractivity contribution is -0.324. The van der Waals surface area contributed by atoms with Gasteiger partial charge in [0.05, 0.1) is 39.6 Å². The Morgan fingerprint density at radius 3 is 1.60 bits per heavy atom. The molecule has 0 saturated carbocycles. The van der Waals surface area contributed by atoms with E-state index in [2.05, 4.69) is 95.5 Å². The topological polar surface area (TPSA) is 73.8 Å². The van der Waals surface area contributed by atoms with Gasteiger partial charge in [-0.15, -0.1) is 0 Å². The van der Waals surface area contributed by atoms with Gasteiger partial charge in [0.2, 0.25) is 0 Å². The van der Waals surface area contributed by atoms with Gasteiger partial charge < -0.3 is 37.9 Å². The van der Waals surface area contributed by atoms with Gasteiger partial charge in [-0.2, -0.15) is 47.0 Å². The van der Waals surface area contributed by atoms with Crippen molar-refractivity contribution >= 4 is 115 Å². The van der Waals surface area contributed by atoms with Crippen LogP contribution in [-0.2, 0) is 37.9 Å². The van der Waals surface area contributed by atoms with Gasteiger partial charge in [0.25, 0.3) is 0 Å². The van der Waals surface area contributed by atoms with Crippen LogP contribution in [0.15, 0.2) is 0 Å². The van der Waals surface area contributed by atoms with Crippen molar-refractivity contribution in [2.24, 2.45) is 5.41 Å². The van der Waals surface area contributed by atoms with Crippen LogP contribution in [0.5, 0.6) is 0 Å². The summed E-state index contributed by atoms with van der Waals surface area (Å²) in [7, 11) is 0. The van der Waals surface area contributed by atoms with E-state index in [1.807, 2.05) is 47.0 Å². The van der Waals surface area contributed by atoms with Gasteiger partial charge >= 0.3 is 0 Å². The Bertz CT molecular complexity index is 766. The molecule has 1 saturated heterocycles. The smallest absolute Gasteiger partial charge is 0.187 e. The van der Waals surface area contributed by atoms with Crippen LogP contribution in [0.25, 0.3) is 0 Å². The summed E-state index contributed by atoms with van der Waals surface area (Å²) in [6.45, 7) is 14.9. The highest BCUT2D eigenvalue weighted by molar-refractivity contribution is 14.1. The maximum Gasteiger partial charge on any atom is 0.187 e. The molecule has 1 fully saturated rings. The molecule has 1 aliphatic heterocycles. The SMILES string of the molecule is CCCSCCCO[C@@H]1C(COCCCSCCI)O[C@@H](OCCOCCOCCI)C(OCCCSCCC(C)(C)C)C1OCCCSCCI. The zero-order valence-corrected chi connectivity index (χ0v) is 42.2. The molecule has 0 aromatic rings. The molecule has 0 radical (unpaired) electrons. The van der Waals surface area contributed by atoms with Gasteiger partial charge in [0.1, 0.15) is 24.4 Å². The van der Waals surface area contributed by atoms with E-state index in [4.69, 9.17) is 37.9 Å². The third-order valence-electron chi connectivity index (χ3n) is 7.57. The molecule has 0 amide bonds. The molecule has 0 aliphatic carbocycles. The van der Waals surface area contributed by atoms with Crippen LogP contribution in [0, 0.1) is 5.41 Å². The average Bonchev–Trinajstić information content (AvgIpc) is 3.12. The van der Waals surface area contributed by atoms with Crippen molar-refractivity contribution in [2.75, 3.05) is 125 Å². The Morgan fingerprint density at radius 1 is 0.500 bits per heavy atom. The third-order valence-corrected chi connectivity index (χ3v) is 15.0. The van der Waals surface area contributed by atoms with Gasteiger partial charge in [-0.3, -0.25) is 0 Å². The highest BCUT2D eigenvalue weighted by atomic mass is 127. The molecule has 0 N–H and O–H groups in total. The van der Waals surface area contributed by atoms with E-state index in [0.717, 1.165) is 75.7 Å². The first-order valence-corrected chi connectivity index (χ1v) is 28.4. The summed E-state index contributed by atoms with van der Waals surface area (Å²) >= 11 is 15.2. The Balaban J connectivity index is 3.09. The monoisotopic (exact) mass is 1150 g/mol. The predicted octanol–water partition coefficient (Wildman–Crippen LogP) is 9.58. The minimum atomic E-state index is -0.612. The minimum Gasteiger partial charge on any atom is -0.379 e. The molecule has 8 nitrogen and oxygen atoms in total. The van der Waals surface area contributed by atoms with Crippen molar-refractivity contribution in [1.29, 1.82) is 0 Å². The molecule has 1 rings (SSSR count). The molecular weight excluding hydrogens is 1080 g/mol. The maximum absolute atomic E-state index is 6.79. The van der Waals surface area contributed by atoms with Crippen LogP contribution in [0.2, 0.25) is 0 Å². The molecule has 312 valence electrons. The van der Waals surface area contributed by atoms with E-state index >= 15 is 0 Å². The summed E-state index contributed by atoms with van der Waals surface area (Å²) in [6.07, 6.45) is 4.32. The van der Waals surface area contributed by atoms with Crippen molar-refractivity contribution < 1.29 is 37.9 Å². The van der Waals surface area contributed by atoms with Crippen LogP contribution < -0.4 is 0 Å². The van der Waals surface area contributed by atoms with Crippen molar-refractivity contribution in [1.82, 2.24) is 0 Å². The van der Waals surface area contributed by atoms with E-state index in [-0.39, 0.29) is 18.3 Å². The first-order chi connectivity index (χ1) is 25.4. The van der Waals surface area contributed by atoms with Crippen molar-refractivity contribution in [2.45, 2.75) is 96.9 Å². The second-order valence-corrected chi connectivity index (χ2v) is 21.6. The molecule has 0 aromatic heterocycles. The summed E-state index contributed by atoms with van der Waals surface area (Å²) < 4.78 is 54.4. The van der Waals surface area contributed by atoms with Crippen molar-refractivity contribution in [3.63, 3.8) is 0 Å². The second-order valence-electron chi connectivity index (χ2n) is 13.5. The number of ether oxygens (including phenoxy) is 8. The van der Waals surface area contributed by atoms with Crippen LogP contribution in [0.3, 0.4) is 0 Å². The molecule has 5 atom stereocenters. The van der Waals surface area contributed by atoms with Crippen LogP contribution in [0.4, 0.5) is 0 Å². The molecule has 0 spiro atoms. The Kier molecular flexibility index (Phi) is 39.4. The second kappa shape index (κ2) is 38.5. The van der Waals surface area contributed by atoms with Crippen molar-refractivity contribution in [3.8, 4) is 0 Å². The highest BCUT2D eigenvalue weighted by Gasteiger charge is 2.49. The number of halogens is 3. The lowest BCUT2D eigenvalue weighted by atomic mass is 9.94. The average molecular weight is 1150 g/mol. The first kappa shape index (κ1) is 53.3. The van der Waals surface area contributed by atoms with Crippen LogP contribution in [-0.4, -0.2) is 156 Å². The van der Waals surface area contributed by atoms with Gasteiger partial charge in [-0.1, -0.05) is 95.5 Å². The lowest BCUT2D eigenvalue weighted by Gasteiger charge is -2.46. The number of hydrogen-bond acceptors (Lipinski definition) is 12. The fourth-order valence-electron chi connectivity index (χ4n) is 4.96. The molecule has 3 unspecified atom stereocenters. The molecular formula is C37H71I3O8S4. The standard InChI is InChI=1S/C37H71I3O8S4/c1-5-23-49-25-7-15-44-33-32(31-43-14-6-24-51-29-12-39)48-36(47-22-21-42-20-19-41-18-11-38)35(34(33)45-16-8-27-52-30-13-40)46-17-9-26-50-28-10-37(2,3)4/h32-36H,5-31H2,1-4H3/t32?,33-,34?,35?,36-/m1/s1. The molecule has 1 aliphatic rings. The molecule has 1 heterocycles. The van der Waals surface area contributed by atoms with E-state index in [1.165, 1.54) is 28.8 Å². The number of thioether (sulfide) groups is 4. The van der Waals surface area contributed by atoms with E-state index in [9.17, 15) is 0 Å². The Hall–Kier alpha value is 3.27.